The summed E-state index contributed by atoms with van der Waals surface area (Å²) in [5.41, 5.74) is -3.77. The van der Waals surface area contributed by atoms with Crippen LogP contribution in [0, 0.1) is 0 Å². The van der Waals surface area contributed by atoms with Gasteiger partial charge in [0.2, 0.25) is 0 Å². The van der Waals surface area contributed by atoms with E-state index in [-0.39, 0.29) is 62.4 Å². The summed E-state index contributed by atoms with van der Waals surface area (Å²) in [7, 11) is 2.93. The SMILES string of the molecule is COCCOCc1nc(C(F)(F)F)ccc1N(C(=O)O)C(C)(C)C.COCCOCc1nc(C(F)(F)F)ccc1NC(=O)OC(C)(C)C. The fourth-order valence-corrected chi connectivity index (χ4v) is 3.63. The molecule has 2 aromatic heterocycles. The van der Waals surface area contributed by atoms with Crippen LogP contribution in [-0.2, 0) is 49.3 Å². The van der Waals surface area contributed by atoms with Gasteiger partial charge in [-0.15, -0.1) is 0 Å². The second-order valence-corrected chi connectivity index (χ2v) is 11.9. The number of carbonyl (C=O) groups is 2. The minimum absolute atomic E-state index is 0.0493. The van der Waals surface area contributed by atoms with E-state index >= 15 is 0 Å². The fourth-order valence-electron chi connectivity index (χ4n) is 3.63. The third-order valence-electron chi connectivity index (χ3n) is 5.58. The highest BCUT2D eigenvalue weighted by molar-refractivity contribution is 5.88. The van der Waals surface area contributed by atoms with Crippen molar-refractivity contribution in [3.63, 3.8) is 0 Å². The number of hydrogen-bond acceptors (Lipinski definition) is 9. The molecular formula is C30H42F6N4O8. The smallest absolute Gasteiger partial charge is 0.433 e. The Kier molecular flexibility index (Phi) is 16.0. The molecule has 0 radical (unpaired) electrons. The standard InChI is InChI=1S/2C15H21F3N2O4/c1-14(2,3)20(13(21)22)11-5-6-12(15(16,17)18)19-10(11)9-24-8-7-23-4;1-14(2,3)24-13(21)20-10-5-6-12(15(16,17)18)19-11(10)9-23-8-7-22-4/h5-6H,7-9H2,1-4H3,(H,21,22);5-6H,7-9H2,1-4H3,(H,20,21). The van der Waals surface area contributed by atoms with Crippen LogP contribution in [0.1, 0.15) is 64.3 Å². The predicted octanol–water partition coefficient (Wildman–Crippen LogP) is 7.16. The van der Waals surface area contributed by atoms with E-state index in [1.165, 1.54) is 14.2 Å². The molecule has 0 saturated carbocycles. The van der Waals surface area contributed by atoms with E-state index in [1.54, 1.807) is 41.5 Å². The van der Waals surface area contributed by atoms with Crippen LogP contribution in [0.5, 0.6) is 0 Å². The highest BCUT2D eigenvalue weighted by Gasteiger charge is 2.36. The predicted molar refractivity (Wildman–Crippen MR) is 162 cm³/mol. The Bertz CT molecular complexity index is 1330. The number of carbonyl (C=O) groups excluding carboxylic acids is 1. The van der Waals surface area contributed by atoms with Crippen molar-refractivity contribution in [2.24, 2.45) is 0 Å². The minimum atomic E-state index is -4.63. The van der Waals surface area contributed by atoms with E-state index in [9.17, 15) is 41.0 Å². The lowest BCUT2D eigenvalue weighted by Crippen LogP contribution is -2.46. The van der Waals surface area contributed by atoms with Crippen molar-refractivity contribution >= 4 is 23.6 Å². The van der Waals surface area contributed by atoms with E-state index in [0.29, 0.717) is 0 Å². The van der Waals surface area contributed by atoms with Gasteiger partial charge in [0.05, 0.1) is 62.4 Å². The van der Waals surface area contributed by atoms with Crippen LogP contribution in [0.2, 0.25) is 0 Å². The van der Waals surface area contributed by atoms with Crippen molar-refractivity contribution in [1.29, 1.82) is 0 Å². The molecular weight excluding hydrogens is 658 g/mol. The van der Waals surface area contributed by atoms with Crippen LogP contribution in [0.25, 0.3) is 0 Å². The molecule has 0 aliphatic rings. The number of hydrogen-bond donors (Lipinski definition) is 2. The molecule has 2 heterocycles. The molecule has 0 aromatic carbocycles. The first-order valence-corrected chi connectivity index (χ1v) is 14.3. The Morgan fingerprint density at radius 3 is 1.62 bits per heavy atom. The number of aromatic nitrogens is 2. The van der Waals surface area contributed by atoms with E-state index < -0.39 is 47.1 Å². The van der Waals surface area contributed by atoms with Gasteiger partial charge in [-0.25, -0.2) is 19.6 Å². The maximum Gasteiger partial charge on any atom is 0.433 e. The molecule has 2 aromatic rings. The molecule has 0 atom stereocenters. The number of nitrogens with zero attached hydrogens (tertiary/aromatic N) is 3. The topological polar surface area (TPSA) is 142 Å². The number of anilines is 2. The second kappa shape index (κ2) is 18.1. The summed E-state index contributed by atoms with van der Waals surface area (Å²) in [6, 6.07) is 3.76. The molecule has 2 rings (SSSR count). The molecule has 0 aliphatic carbocycles. The van der Waals surface area contributed by atoms with Crippen molar-refractivity contribution < 1.29 is 64.7 Å². The molecule has 0 saturated heterocycles. The Hall–Kier alpha value is -3.74. The van der Waals surface area contributed by atoms with Gasteiger partial charge in [0.1, 0.15) is 17.0 Å². The van der Waals surface area contributed by atoms with Crippen molar-refractivity contribution in [2.45, 2.75) is 78.2 Å². The number of methoxy groups -OCH3 is 2. The lowest BCUT2D eigenvalue weighted by Gasteiger charge is -2.34. The summed E-state index contributed by atoms with van der Waals surface area (Å²) in [6.45, 7) is 10.3. The van der Waals surface area contributed by atoms with Crippen molar-refractivity contribution in [3.05, 3.63) is 47.0 Å². The molecule has 48 heavy (non-hydrogen) atoms. The monoisotopic (exact) mass is 700 g/mol. The Labute approximate surface area is 274 Å². The average molecular weight is 701 g/mol. The summed E-state index contributed by atoms with van der Waals surface area (Å²) < 4.78 is 102. The number of rotatable bonds is 12. The summed E-state index contributed by atoms with van der Waals surface area (Å²) in [5.74, 6) is 0. The average Bonchev–Trinajstić information content (AvgIpc) is 2.92. The summed E-state index contributed by atoms with van der Waals surface area (Å²) in [5, 5.41) is 11.8. The van der Waals surface area contributed by atoms with E-state index in [4.69, 9.17) is 23.7 Å². The number of halogens is 6. The van der Waals surface area contributed by atoms with Crippen LogP contribution in [0.3, 0.4) is 0 Å². The Morgan fingerprint density at radius 1 is 0.750 bits per heavy atom. The lowest BCUT2D eigenvalue weighted by atomic mass is 10.0. The molecule has 0 aliphatic heterocycles. The highest BCUT2D eigenvalue weighted by atomic mass is 19.4. The number of amides is 2. The van der Waals surface area contributed by atoms with Gasteiger partial charge in [-0.1, -0.05) is 0 Å². The van der Waals surface area contributed by atoms with Gasteiger partial charge in [-0.2, -0.15) is 26.3 Å². The van der Waals surface area contributed by atoms with E-state index in [0.717, 1.165) is 29.2 Å². The van der Waals surface area contributed by atoms with Crippen molar-refractivity contribution in [2.75, 3.05) is 50.9 Å². The number of pyridine rings is 2. The van der Waals surface area contributed by atoms with Gasteiger partial charge >= 0.3 is 24.5 Å². The van der Waals surface area contributed by atoms with Crippen LogP contribution < -0.4 is 10.2 Å². The molecule has 12 nitrogen and oxygen atoms in total. The van der Waals surface area contributed by atoms with Gasteiger partial charge in [0.15, 0.2) is 0 Å². The van der Waals surface area contributed by atoms with Gasteiger partial charge in [0.25, 0.3) is 0 Å². The number of ether oxygens (including phenoxy) is 5. The fraction of sp³-hybridized carbons (Fsp3) is 0.600. The van der Waals surface area contributed by atoms with Crippen LogP contribution in [-0.4, -0.2) is 79.0 Å². The zero-order valence-electron chi connectivity index (χ0n) is 28.0. The van der Waals surface area contributed by atoms with Crippen molar-refractivity contribution in [1.82, 2.24) is 9.97 Å². The first-order chi connectivity index (χ1) is 22.0. The molecule has 18 heteroatoms. The van der Waals surface area contributed by atoms with Crippen LogP contribution in [0.15, 0.2) is 24.3 Å². The Morgan fingerprint density at radius 2 is 1.21 bits per heavy atom. The lowest BCUT2D eigenvalue weighted by molar-refractivity contribution is -0.142. The first-order valence-electron chi connectivity index (χ1n) is 14.3. The van der Waals surface area contributed by atoms with Crippen LogP contribution >= 0.6 is 0 Å². The van der Waals surface area contributed by atoms with E-state index in [2.05, 4.69) is 15.3 Å². The third kappa shape index (κ3) is 15.0. The molecule has 272 valence electrons. The van der Waals surface area contributed by atoms with Gasteiger partial charge < -0.3 is 28.8 Å². The number of alkyl halides is 6. The van der Waals surface area contributed by atoms with Crippen molar-refractivity contribution in [3.8, 4) is 0 Å². The van der Waals surface area contributed by atoms with Gasteiger partial charge in [0, 0.05) is 19.8 Å². The summed E-state index contributed by atoms with van der Waals surface area (Å²) in [4.78, 5) is 31.4. The molecule has 0 spiro atoms. The summed E-state index contributed by atoms with van der Waals surface area (Å²) >= 11 is 0. The van der Waals surface area contributed by atoms with E-state index in [1.807, 2.05) is 0 Å². The Balaban J connectivity index is 0.000000480. The largest absolute Gasteiger partial charge is 0.465 e. The number of nitrogens with one attached hydrogen (secondary N) is 1. The molecule has 0 bridgehead atoms. The van der Waals surface area contributed by atoms with Gasteiger partial charge in [-0.3, -0.25) is 10.2 Å². The zero-order chi connectivity index (χ0) is 36.9. The first kappa shape index (κ1) is 42.3. The minimum Gasteiger partial charge on any atom is -0.465 e. The third-order valence-corrected chi connectivity index (χ3v) is 5.58. The second-order valence-electron chi connectivity index (χ2n) is 11.9. The zero-order valence-corrected chi connectivity index (χ0v) is 28.0. The van der Waals surface area contributed by atoms with Gasteiger partial charge in [-0.05, 0) is 65.8 Å². The summed E-state index contributed by atoms with van der Waals surface area (Å²) in [6.07, 6.45) is -11.3. The molecule has 2 N–H and O–H groups in total. The molecule has 0 fully saturated rings. The number of carboxylic acid groups (broad SMARTS) is 1. The quantitative estimate of drug-likeness (QED) is 0.173. The maximum absolute atomic E-state index is 12.9. The molecule has 0 unspecified atom stereocenters. The van der Waals surface area contributed by atoms with Crippen LogP contribution in [0.4, 0.5) is 47.3 Å². The molecule has 2 amide bonds. The highest BCUT2D eigenvalue weighted by Crippen LogP contribution is 2.33. The maximum atomic E-state index is 12.9. The normalized spacial score (nSPS) is 12.2.